The van der Waals surface area contributed by atoms with E-state index in [1.807, 2.05) is 0 Å². The van der Waals surface area contributed by atoms with E-state index in [-0.39, 0.29) is 18.7 Å². The van der Waals surface area contributed by atoms with Crippen LogP contribution in [0.2, 0.25) is 0 Å². The number of carbonyl (C=O) groups excluding carboxylic acids is 1. The van der Waals surface area contributed by atoms with Gasteiger partial charge in [0, 0.05) is 35.8 Å². The molecule has 0 saturated heterocycles. The lowest BCUT2D eigenvalue weighted by Crippen LogP contribution is -2.47. The maximum Gasteiger partial charge on any atom is 0.326 e. The Morgan fingerprint density at radius 3 is 2.43 bits per heavy atom. The molecule has 2 atom stereocenters. The zero-order chi connectivity index (χ0) is 15.8. The first-order chi connectivity index (χ1) is 9.88. The van der Waals surface area contributed by atoms with Crippen LogP contribution in [0.4, 0.5) is 4.79 Å². The number of nitrogens with one attached hydrogen (secondary N) is 2. The summed E-state index contributed by atoms with van der Waals surface area (Å²) in [6.07, 6.45) is 1.62. The third-order valence-electron chi connectivity index (χ3n) is 2.65. The van der Waals surface area contributed by atoms with Gasteiger partial charge in [-0.1, -0.05) is 12.1 Å². The summed E-state index contributed by atoms with van der Waals surface area (Å²) in [5, 5.41) is 23.1. The predicted octanol–water partition coefficient (Wildman–Crippen LogP) is 0.0656. The fourth-order valence-corrected chi connectivity index (χ4v) is 1.97. The summed E-state index contributed by atoms with van der Waals surface area (Å²) in [6, 6.07) is 4.37. The van der Waals surface area contributed by atoms with Crippen molar-refractivity contribution >= 4 is 22.8 Å². The molecule has 0 aliphatic carbocycles. The van der Waals surface area contributed by atoms with Crippen LogP contribution in [0.25, 0.3) is 0 Å². The molecule has 1 aromatic carbocycles. The predicted molar refractivity (Wildman–Crippen MR) is 78.7 cm³/mol. The Morgan fingerprint density at radius 1 is 1.29 bits per heavy atom. The minimum atomic E-state index is -1.16. The van der Waals surface area contributed by atoms with Crippen LogP contribution in [0.15, 0.2) is 24.3 Å². The van der Waals surface area contributed by atoms with Crippen LogP contribution in [0.5, 0.6) is 5.75 Å². The number of amides is 2. The van der Waals surface area contributed by atoms with E-state index < -0.39 is 28.8 Å². The molecule has 8 heteroatoms. The number of carboxylic acid groups (broad SMARTS) is 1. The van der Waals surface area contributed by atoms with Crippen LogP contribution in [0.1, 0.15) is 5.56 Å². The Balaban J connectivity index is 2.53. The first-order valence-electron chi connectivity index (χ1n) is 6.23. The van der Waals surface area contributed by atoms with Crippen molar-refractivity contribution in [2.24, 2.45) is 0 Å². The highest BCUT2D eigenvalue weighted by Gasteiger charge is 2.20. The average molecular weight is 314 g/mol. The molecule has 0 heterocycles. The molecule has 1 aromatic rings. The second-order valence-corrected chi connectivity index (χ2v) is 5.99. The van der Waals surface area contributed by atoms with Gasteiger partial charge in [0.05, 0.1) is 0 Å². The van der Waals surface area contributed by atoms with Gasteiger partial charge in [-0.2, -0.15) is 0 Å². The summed E-state index contributed by atoms with van der Waals surface area (Å²) in [6.45, 7) is 0.209. The van der Waals surface area contributed by atoms with E-state index in [1.165, 1.54) is 18.4 Å². The number of benzene rings is 1. The van der Waals surface area contributed by atoms with Crippen molar-refractivity contribution in [3.63, 3.8) is 0 Å². The van der Waals surface area contributed by atoms with Crippen molar-refractivity contribution in [1.29, 1.82) is 0 Å². The molecule has 4 N–H and O–H groups in total. The van der Waals surface area contributed by atoms with E-state index >= 15 is 0 Å². The molecule has 0 radical (unpaired) electrons. The van der Waals surface area contributed by atoms with Crippen molar-refractivity contribution in [2.45, 2.75) is 12.5 Å². The third kappa shape index (κ3) is 6.75. The van der Waals surface area contributed by atoms with Gasteiger partial charge in [-0.25, -0.2) is 9.59 Å². The van der Waals surface area contributed by atoms with Gasteiger partial charge in [0.15, 0.2) is 0 Å². The lowest BCUT2D eigenvalue weighted by Gasteiger charge is -2.15. The van der Waals surface area contributed by atoms with Crippen molar-refractivity contribution in [1.82, 2.24) is 10.6 Å². The number of rotatable bonds is 7. The Hall–Kier alpha value is -2.09. The maximum atomic E-state index is 11.6. The Kier molecular flexibility index (Phi) is 6.67. The van der Waals surface area contributed by atoms with Crippen molar-refractivity contribution in [2.75, 3.05) is 18.6 Å². The highest BCUT2D eigenvalue weighted by atomic mass is 32.2. The standard InChI is InChI=1S/C13H18N2O5S/c1-21(20)7-6-14-13(19)15-11(12(17)18)8-9-2-4-10(16)5-3-9/h2-5,11,16H,6-8H2,1H3,(H,17,18)(H2,14,15,19)/t11-,21?/m0/s1. The molecule has 0 bridgehead atoms. The fraction of sp³-hybridized carbons (Fsp3) is 0.385. The largest absolute Gasteiger partial charge is 0.508 e. The van der Waals surface area contributed by atoms with Gasteiger partial charge < -0.3 is 20.8 Å². The Bertz CT molecular complexity index is 518. The fourth-order valence-electron chi connectivity index (χ4n) is 1.59. The van der Waals surface area contributed by atoms with Crippen molar-refractivity contribution < 1.29 is 24.0 Å². The number of urea groups is 1. The first kappa shape index (κ1) is 17.0. The van der Waals surface area contributed by atoms with Gasteiger partial charge in [-0.3, -0.25) is 4.21 Å². The molecule has 0 spiro atoms. The first-order valence-corrected chi connectivity index (χ1v) is 7.96. The van der Waals surface area contributed by atoms with Crippen LogP contribution in [-0.2, 0) is 22.0 Å². The monoisotopic (exact) mass is 314 g/mol. The minimum Gasteiger partial charge on any atom is -0.508 e. The second-order valence-electron chi connectivity index (χ2n) is 4.44. The number of hydrogen-bond acceptors (Lipinski definition) is 4. The zero-order valence-corrected chi connectivity index (χ0v) is 12.4. The molecule has 1 rings (SSSR count). The molecule has 116 valence electrons. The van der Waals surface area contributed by atoms with Crippen LogP contribution in [0.3, 0.4) is 0 Å². The molecule has 0 aromatic heterocycles. The van der Waals surface area contributed by atoms with Gasteiger partial charge in [-0.15, -0.1) is 0 Å². The summed E-state index contributed by atoms with van der Waals surface area (Å²) in [5.41, 5.74) is 0.676. The van der Waals surface area contributed by atoms with Crippen LogP contribution >= 0.6 is 0 Å². The smallest absolute Gasteiger partial charge is 0.326 e. The lowest BCUT2D eigenvalue weighted by atomic mass is 10.1. The summed E-state index contributed by atoms with van der Waals surface area (Å²) in [5.74, 6) is -0.760. The van der Waals surface area contributed by atoms with Crippen molar-refractivity contribution in [3.05, 3.63) is 29.8 Å². The van der Waals surface area contributed by atoms with Crippen LogP contribution < -0.4 is 10.6 Å². The van der Waals surface area contributed by atoms with E-state index in [9.17, 15) is 13.8 Å². The molecule has 0 saturated carbocycles. The van der Waals surface area contributed by atoms with Gasteiger partial charge in [0.2, 0.25) is 0 Å². The Labute approximate surface area is 124 Å². The SMILES string of the molecule is CS(=O)CCNC(=O)N[C@@H](Cc1ccc(O)cc1)C(=O)O. The number of phenols is 1. The molecule has 0 aliphatic heterocycles. The summed E-state index contributed by atoms with van der Waals surface area (Å²) >= 11 is 0. The number of hydrogen-bond donors (Lipinski definition) is 4. The summed E-state index contributed by atoms with van der Waals surface area (Å²) in [7, 11) is -1.02. The number of carbonyl (C=O) groups is 2. The number of carboxylic acids is 1. The second kappa shape index (κ2) is 8.25. The molecular formula is C13H18N2O5S. The highest BCUT2D eigenvalue weighted by Crippen LogP contribution is 2.11. The molecule has 0 aliphatic rings. The average Bonchev–Trinajstić information content (AvgIpc) is 2.40. The van der Waals surface area contributed by atoms with E-state index in [0.29, 0.717) is 11.3 Å². The highest BCUT2D eigenvalue weighted by molar-refractivity contribution is 7.84. The molecule has 7 nitrogen and oxygen atoms in total. The van der Waals surface area contributed by atoms with Gasteiger partial charge in [0.1, 0.15) is 11.8 Å². The summed E-state index contributed by atoms with van der Waals surface area (Å²) < 4.78 is 10.8. The maximum absolute atomic E-state index is 11.6. The number of aromatic hydroxyl groups is 1. The van der Waals surface area contributed by atoms with E-state index in [0.717, 1.165) is 0 Å². The Morgan fingerprint density at radius 2 is 1.90 bits per heavy atom. The zero-order valence-electron chi connectivity index (χ0n) is 11.5. The molecule has 1 unspecified atom stereocenters. The van der Waals surface area contributed by atoms with E-state index in [4.69, 9.17) is 10.2 Å². The normalized spacial score (nSPS) is 13.2. The molecule has 0 fully saturated rings. The van der Waals surface area contributed by atoms with Crippen LogP contribution in [0, 0.1) is 0 Å². The molecular weight excluding hydrogens is 296 g/mol. The third-order valence-corrected chi connectivity index (χ3v) is 3.43. The van der Waals surface area contributed by atoms with Gasteiger partial charge in [0.25, 0.3) is 0 Å². The quantitative estimate of drug-likeness (QED) is 0.568. The van der Waals surface area contributed by atoms with E-state index in [1.54, 1.807) is 12.1 Å². The molecule has 2 amide bonds. The van der Waals surface area contributed by atoms with Gasteiger partial charge in [-0.05, 0) is 17.7 Å². The van der Waals surface area contributed by atoms with Crippen LogP contribution in [-0.4, -0.2) is 51.0 Å². The summed E-state index contributed by atoms with van der Waals surface area (Å²) in [4.78, 5) is 22.7. The van der Waals surface area contributed by atoms with Crippen molar-refractivity contribution in [3.8, 4) is 5.75 Å². The number of phenolic OH excluding ortho intramolecular Hbond substituents is 1. The van der Waals surface area contributed by atoms with Gasteiger partial charge >= 0.3 is 12.0 Å². The minimum absolute atomic E-state index is 0.0869. The molecule has 21 heavy (non-hydrogen) atoms. The van der Waals surface area contributed by atoms with E-state index in [2.05, 4.69) is 10.6 Å². The topological polar surface area (TPSA) is 116 Å². The number of aliphatic carboxylic acids is 1. The lowest BCUT2D eigenvalue weighted by molar-refractivity contribution is -0.139.